The van der Waals surface area contributed by atoms with Crippen LogP contribution in [0.5, 0.6) is 5.75 Å². The van der Waals surface area contributed by atoms with Crippen molar-refractivity contribution in [3.8, 4) is 5.75 Å². The van der Waals surface area contributed by atoms with E-state index in [4.69, 9.17) is 4.74 Å². The molecule has 0 spiro atoms. The molecular weight excluding hydrogens is 142 g/mol. The Labute approximate surface area is 65.8 Å². The lowest BCUT2D eigenvalue weighted by Crippen LogP contribution is -2.11. The molecule has 0 aliphatic rings. The van der Waals surface area contributed by atoms with Crippen molar-refractivity contribution in [3.63, 3.8) is 0 Å². The lowest BCUT2D eigenvalue weighted by atomic mass is 10.5. The molecule has 0 aliphatic carbocycles. The van der Waals surface area contributed by atoms with Crippen molar-refractivity contribution in [2.45, 2.75) is 0 Å². The van der Waals surface area contributed by atoms with Crippen LogP contribution >= 0.6 is 0 Å². The fraction of sp³-hybridized carbons (Fsp3) is 0.429. The van der Waals surface area contributed by atoms with Gasteiger partial charge >= 0.3 is 0 Å². The van der Waals surface area contributed by atoms with Crippen molar-refractivity contribution in [2.75, 3.05) is 26.1 Å². The zero-order valence-corrected chi connectivity index (χ0v) is 6.90. The van der Waals surface area contributed by atoms with Crippen molar-refractivity contribution >= 4 is 5.82 Å². The van der Waals surface area contributed by atoms with Crippen molar-refractivity contribution in [1.29, 1.82) is 0 Å². The number of hydrogen-bond donors (Lipinski definition) is 0. The second kappa shape index (κ2) is 3.18. The molecule has 4 heteroatoms. The van der Waals surface area contributed by atoms with Gasteiger partial charge in [-0.15, -0.1) is 5.10 Å². The fourth-order valence-corrected chi connectivity index (χ4v) is 0.668. The van der Waals surface area contributed by atoms with Gasteiger partial charge in [-0.3, -0.25) is 0 Å². The molecule has 0 N–H and O–H groups in total. The van der Waals surface area contributed by atoms with Crippen LogP contribution in [0.2, 0.25) is 0 Å². The molecule has 0 saturated heterocycles. The third-order valence-electron chi connectivity index (χ3n) is 1.31. The van der Waals surface area contributed by atoms with Gasteiger partial charge in [-0.05, 0) is 0 Å². The molecule has 0 aliphatic heterocycles. The first-order chi connectivity index (χ1) is 5.24. The Hall–Kier alpha value is -1.32. The highest BCUT2D eigenvalue weighted by Crippen LogP contribution is 2.13. The number of methoxy groups -OCH3 is 1. The third-order valence-corrected chi connectivity index (χ3v) is 1.31. The Balaban J connectivity index is 2.91. The van der Waals surface area contributed by atoms with Crippen molar-refractivity contribution < 1.29 is 4.74 Å². The lowest BCUT2D eigenvalue weighted by Gasteiger charge is -2.09. The molecule has 1 rings (SSSR count). The van der Waals surface area contributed by atoms with E-state index in [-0.39, 0.29) is 0 Å². The quantitative estimate of drug-likeness (QED) is 0.622. The summed E-state index contributed by atoms with van der Waals surface area (Å²) in [5, 5.41) is 7.64. The van der Waals surface area contributed by atoms with Crippen LogP contribution in [0.15, 0.2) is 12.3 Å². The molecule has 0 bridgehead atoms. The molecule has 0 radical (unpaired) electrons. The van der Waals surface area contributed by atoms with Crippen LogP contribution in [0.4, 0.5) is 5.82 Å². The molecule has 1 heterocycles. The van der Waals surface area contributed by atoms with E-state index >= 15 is 0 Å². The lowest BCUT2D eigenvalue weighted by molar-refractivity contribution is 0.411. The van der Waals surface area contributed by atoms with E-state index in [2.05, 4.69) is 10.2 Å². The minimum absolute atomic E-state index is 0.726. The normalized spacial score (nSPS) is 9.36. The minimum atomic E-state index is 0.726. The highest BCUT2D eigenvalue weighted by molar-refractivity contribution is 5.39. The smallest absolute Gasteiger partial charge is 0.154 e. The van der Waals surface area contributed by atoms with E-state index in [1.807, 2.05) is 25.1 Å². The van der Waals surface area contributed by atoms with E-state index in [0.29, 0.717) is 0 Å². The van der Waals surface area contributed by atoms with Crippen LogP contribution in [0.25, 0.3) is 0 Å². The second-order valence-electron chi connectivity index (χ2n) is 2.35. The summed E-state index contributed by atoms with van der Waals surface area (Å²) in [7, 11) is 5.42. The van der Waals surface area contributed by atoms with Crippen LogP contribution < -0.4 is 9.64 Å². The summed E-state index contributed by atoms with van der Waals surface area (Å²) < 4.78 is 4.98. The van der Waals surface area contributed by atoms with Crippen molar-refractivity contribution in [1.82, 2.24) is 10.2 Å². The van der Waals surface area contributed by atoms with Gasteiger partial charge in [0.2, 0.25) is 0 Å². The summed E-state index contributed by atoms with van der Waals surface area (Å²) in [6, 6.07) is 1.83. The number of hydrogen-bond acceptors (Lipinski definition) is 4. The van der Waals surface area contributed by atoms with Gasteiger partial charge in [-0.25, -0.2) is 0 Å². The number of ether oxygens (including phenoxy) is 1. The van der Waals surface area contributed by atoms with Crippen LogP contribution in [-0.4, -0.2) is 31.4 Å². The summed E-state index contributed by atoms with van der Waals surface area (Å²) in [5.74, 6) is 1.52. The van der Waals surface area contributed by atoms with E-state index in [0.717, 1.165) is 11.6 Å². The molecule has 4 nitrogen and oxygen atoms in total. The Bertz CT molecular complexity index is 237. The molecule has 0 unspecified atom stereocenters. The molecule has 0 aromatic carbocycles. The Morgan fingerprint density at radius 2 is 2.18 bits per heavy atom. The van der Waals surface area contributed by atoms with Crippen LogP contribution in [0.3, 0.4) is 0 Å². The predicted octanol–water partition coefficient (Wildman–Crippen LogP) is 0.551. The standard InChI is InChI=1S/C7H11N3O/c1-10(2)7-4-6(11-3)5-8-9-7/h4-5H,1-3H3. The maximum atomic E-state index is 4.98. The third kappa shape index (κ3) is 1.80. The Morgan fingerprint density at radius 3 is 2.73 bits per heavy atom. The second-order valence-corrected chi connectivity index (χ2v) is 2.35. The Kier molecular flexibility index (Phi) is 2.25. The molecular formula is C7H11N3O. The largest absolute Gasteiger partial charge is 0.495 e. The van der Waals surface area contributed by atoms with Gasteiger partial charge in [0, 0.05) is 20.2 Å². The van der Waals surface area contributed by atoms with E-state index < -0.39 is 0 Å². The van der Waals surface area contributed by atoms with Crippen molar-refractivity contribution in [3.05, 3.63) is 12.3 Å². The van der Waals surface area contributed by atoms with E-state index in [9.17, 15) is 0 Å². The SMILES string of the molecule is COc1cnnc(N(C)C)c1. The van der Waals surface area contributed by atoms with Crippen LogP contribution in [-0.2, 0) is 0 Å². The molecule has 0 saturated carbocycles. The van der Waals surface area contributed by atoms with Gasteiger partial charge in [0.25, 0.3) is 0 Å². The molecule has 1 aromatic heterocycles. The summed E-state index contributed by atoms with van der Waals surface area (Å²) in [6.45, 7) is 0. The average Bonchev–Trinajstić information content (AvgIpc) is 2.05. The first-order valence-corrected chi connectivity index (χ1v) is 3.28. The van der Waals surface area contributed by atoms with Gasteiger partial charge < -0.3 is 9.64 Å². The Morgan fingerprint density at radius 1 is 1.45 bits per heavy atom. The maximum Gasteiger partial charge on any atom is 0.154 e. The van der Waals surface area contributed by atoms with Gasteiger partial charge in [0.05, 0.1) is 13.3 Å². The highest BCUT2D eigenvalue weighted by atomic mass is 16.5. The molecule has 0 fully saturated rings. The number of nitrogens with zero attached hydrogens (tertiary/aromatic N) is 3. The van der Waals surface area contributed by atoms with Crippen LogP contribution in [0, 0.1) is 0 Å². The molecule has 1 aromatic rings. The first-order valence-electron chi connectivity index (χ1n) is 3.28. The number of anilines is 1. The van der Waals surface area contributed by atoms with Crippen LogP contribution in [0.1, 0.15) is 0 Å². The van der Waals surface area contributed by atoms with Gasteiger partial charge in [0.1, 0.15) is 5.75 Å². The fourth-order valence-electron chi connectivity index (χ4n) is 0.668. The summed E-state index contributed by atoms with van der Waals surface area (Å²) in [5.41, 5.74) is 0. The first kappa shape index (κ1) is 7.78. The molecule has 60 valence electrons. The van der Waals surface area contributed by atoms with Gasteiger partial charge in [-0.2, -0.15) is 5.10 Å². The average molecular weight is 153 g/mol. The number of aromatic nitrogens is 2. The van der Waals surface area contributed by atoms with Gasteiger partial charge in [-0.1, -0.05) is 0 Å². The maximum absolute atomic E-state index is 4.98. The summed E-state index contributed by atoms with van der Waals surface area (Å²) in [4.78, 5) is 1.87. The molecule has 11 heavy (non-hydrogen) atoms. The minimum Gasteiger partial charge on any atom is -0.495 e. The monoisotopic (exact) mass is 153 g/mol. The van der Waals surface area contributed by atoms with E-state index in [1.165, 1.54) is 0 Å². The topological polar surface area (TPSA) is 38.3 Å². The predicted molar refractivity (Wildman–Crippen MR) is 42.9 cm³/mol. The van der Waals surface area contributed by atoms with E-state index in [1.54, 1.807) is 13.3 Å². The number of rotatable bonds is 2. The van der Waals surface area contributed by atoms with Gasteiger partial charge in [0.15, 0.2) is 5.82 Å². The molecule has 0 amide bonds. The zero-order chi connectivity index (χ0) is 8.27. The zero-order valence-electron chi connectivity index (χ0n) is 6.90. The van der Waals surface area contributed by atoms with Crippen molar-refractivity contribution in [2.24, 2.45) is 0 Å². The summed E-state index contributed by atoms with van der Waals surface area (Å²) in [6.07, 6.45) is 1.58. The highest BCUT2D eigenvalue weighted by Gasteiger charge is 1.98. The summed E-state index contributed by atoms with van der Waals surface area (Å²) >= 11 is 0. The molecule has 0 atom stereocenters.